The molecular weight excluding hydrogens is 196 g/mol. The van der Waals surface area contributed by atoms with Gasteiger partial charge in [0.1, 0.15) is 11.6 Å². The minimum absolute atomic E-state index is 0.180. The van der Waals surface area contributed by atoms with Crippen LogP contribution in [-0.2, 0) is 6.42 Å². The van der Waals surface area contributed by atoms with E-state index in [2.05, 4.69) is 0 Å². The zero-order chi connectivity index (χ0) is 10.8. The minimum Gasteiger partial charge on any atom is -0.330 e. The van der Waals surface area contributed by atoms with Gasteiger partial charge in [-0.15, -0.1) is 0 Å². The SMILES string of the molecule is NCCC1CCCc2cc(F)cc(F)c21. The Hall–Kier alpha value is -0.960. The van der Waals surface area contributed by atoms with E-state index in [-0.39, 0.29) is 5.92 Å². The molecule has 1 aliphatic rings. The van der Waals surface area contributed by atoms with E-state index >= 15 is 0 Å². The molecule has 1 aromatic rings. The summed E-state index contributed by atoms with van der Waals surface area (Å²) in [7, 11) is 0. The van der Waals surface area contributed by atoms with Gasteiger partial charge in [0.05, 0.1) is 0 Å². The van der Waals surface area contributed by atoms with E-state index < -0.39 is 11.6 Å². The Balaban J connectivity index is 2.41. The Kier molecular flexibility index (Phi) is 3.00. The molecule has 3 heteroatoms. The third-order valence-electron chi connectivity index (χ3n) is 3.10. The highest BCUT2D eigenvalue weighted by molar-refractivity contribution is 5.34. The summed E-state index contributed by atoms with van der Waals surface area (Å²) in [5, 5.41) is 0. The topological polar surface area (TPSA) is 26.0 Å². The monoisotopic (exact) mass is 211 g/mol. The lowest BCUT2D eigenvalue weighted by atomic mass is 9.81. The highest BCUT2D eigenvalue weighted by atomic mass is 19.1. The smallest absolute Gasteiger partial charge is 0.129 e. The average Bonchev–Trinajstić information content (AvgIpc) is 2.17. The molecule has 2 N–H and O–H groups in total. The lowest BCUT2D eigenvalue weighted by Crippen LogP contribution is -2.16. The molecule has 1 unspecified atom stereocenters. The van der Waals surface area contributed by atoms with E-state index in [1.54, 1.807) is 0 Å². The van der Waals surface area contributed by atoms with Crippen LogP contribution in [0.4, 0.5) is 8.78 Å². The predicted octanol–water partition coefficient (Wildman–Crippen LogP) is 2.73. The summed E-state index contributed by atoms with van der Waals surface area (Å²) in [6.07, 6.45) is 3.54. The molecule has 0 radical (unpaired) electrons. The van der Waals surface area contributed by atoms with Crippen molar-refractivity contribution in [3.8, 4) is 0 Å². The minimum atomic E-state index is -0.473. The molecule has 1 aromatic carbocycles. The first kappa shape index (κ1) is 10.6. The van der Waals surface area contributed by atoms with Gasteiger partial charge in [0.2, 0.25) is 0 Å². The quantitative estimate of drug-likeness (QED) is 0.799. The molecule has 0 bridgehead atoms. The lowest BCUT2D eigenvalue weighted by Gasteiger charge is -2.25. The Morgan fingerprint density at radius 2 is 2.13 bits per heavy atom. The van der Waals surface area contributed by atoms with E-state index in [9.17, 15) is 8.78 Å². The second-order valence-corrected chi connectivity index (χ2v) is 4.13. The first-order chi connectivity index (χ1) is 7.22. The van der Waals surface area contributed by atoms with Crippen molar-refractivity contribution < 1.29 is 8.78 Å². The number of hydrogen-bond acceptors (Lipinski definition) is 1. The van der Waals surface area contributed by atoms with Gasteiger partial charge in [0.25, 0.3) is 0 Å². The third-order valence-corrected chi connectivity index (χ3v) is 3.10. The highest BCUT2D eigenvalue weighted by Crippen LogP contribution is 2.35. The number of fused-ring (bicyclic) bond motifs is 1. The third kappa shape index (κ3) is 2.02. The Bertz CT molecular complexity index is 363. The summed E-state index contributed by atoms with van der Waals surface area (Å²) in [5.74, 6) is -0.692. The van der Waals surface area contributed by atoms with Crippen molar-refractivity contribution in [3.63, 3.8) is 0 Å². The molecule has 1 nitrogen and oxygen atoms in total. The fourth-order valence-corrected chi connectivity index (χ4v) is 2.48. The number of rotatable bonds is 2. The molecule has 82 valence electrons. The molecule has 1 aliphatic carbocycles. The van der Waals surface area contributed by atoms with Crippen LogP contribution in [0.3, 0.4) is 0 Å². The van der Waals surface area contributed by atoms with E-state index in [0.717, 1.165) is 37.3 Å². The van der Waals surface area contributed by atoms with E-state index in [1.165, 1.54) is 6.07 Å². The molecule has 0 heterocycles. The lowest BCUT2D eigenvalue weighted by molar-refractivity contribution is 0.480. The van der Waals surface area contributed by atoms with Gasteiger partial charge in [-0.3, -0.25) is 0 Å². The zero-order valence-corrected chi connectivity index (χ0v) is 8.60. The highest BCUT2D eigenvalue weighted by Gasteiger charge is 2.23. The van der Waals surface area contributed by atoms with Crippen LogP contribution in [0.1, 0.15) is 36.3 Å². The molecule has 0 saturated carbocycles. The van der Waals surface area contributed by atoms with Crippen LogP contribution in [0, 0.1) is 11.6 Å². The molecule has 0 aliphatic heterocycles. The summed E-state index contributed by atoms with van der Waals surface area (Å²) in [6, 6.07) is 2.44. The standard InChI is InChI=1S/C12H15F2N/c13-10-6-9-3-1-2-8(4-5-15)12(9)11(14)7-10/h6-8H,1-5,15H2. The summed E-state index contributed by atoms with van der Waals surface area (Å²) in [4.78, 5) is 0. The Labute approximate surface area is 88.3 Å². The fourth-order valence-electron chi connectivity index (χ4n) is 2.48. The van der Waals surface area contributed by atoms with Gasteiger partial charge in [-0.1, -0.05) is 0 Å². The van der Waals surface area contributed by atoms with Crippen LogP contribution in [0.15, 0.2) is 12.1 Å². The van der Waals surface area contributed by atoms with Crippen LogP contribution in [-0.4, -0.2) is 6.54 Å². The predicted molar refractivity (Wildman–Crippen MR) is 55.7 cm³/mol. The first-order valence-electron chi connectivity index (χ1n) is 5.40. The molecule has 2 rings (SSSR count). The molecular formula is C12H15F2N. The normalized spacial score (nSPS) is 20.1. The van der Waals surface area contributed by atoms with Crippen molar-refractivity contribution in [1.82, 2.24) is 0 Å². The summed E-state index contributed by atoms with van der Waals surface area (Å²) in [6.45, 7) is 0.556. The molecule has 0 saturated heterocycles. The van der Waals surface area contributed by atoms with Gasteiger partial charge in [-0.05, 0) is 55.3 Å². The molecule has 0 fully saturated rings. The van der Waals surface area contributed by atoms with E-state index in [1.807, 2.05) is 0 Å². The maximum Gasteiger partial charge on any atom is 0.129 e. The van der Waals surface area contributed by atoms with Crippen LogP contribution >= 0.6 is 0 Å². The van der Waals surface area contributed by atoms with Gasteiger partial charge >= 0.3 is 0 Å². The molecule has 15 heavy (non-hydrogen) atoms. The van der Waals surface area contributed by atoms with Crippen LogP contribution in [0.2, 0.25) is 0 Å². The van der Waals surface area contributed by atoms with Crippen molar-refractivity contribution in [2.75, 3.05) is 6.54 Å². The summed E-state index contributed by atoms with van der Waals surface area (Å²) < 4.78 is 26.6. The largest absolute Gasteiger partial charge is 0.330 e. The maximum atomic E-state index is 13.6. The van der Waals surface area contributed by atoms with Gasteiger partial charge in [0, 0.05) is 6.07 Å². The number of aryl methyl sites for hydroxylation is 1. The van der Waals surface area contributed by atoms with Crippen LogP contribution in [0.25, 0.3) is 0 Å². The van der Waals surface area contributed by atoms with Crippen molar-refractivity contribution in [1.29, 1.82) is 0 Å². The maximum absolute atomic E-state index is 13.6. The zero-order valence-electron chi connectivity index (χ0n) is 8.60. The number of hydrogen-bond donors (Lipinski definition) is 1. The molecule has 0 aromatic heterocycles. The van der Waals surface area contributed by atoms with Crippen molar-refractivity contribution >= 4 is 0 Å². The summed E-state index contributed by atoms with van der Waals surface area (Å²) in [5.41, 5.74) is 7.03. The number of halogens is 2. The van der Waals surface area contributed by atoms with Gasteiger partial charge in [-0.25, -0.2) is 8.78 Å². The number of nitrogens with two attached hydrogens (primary N) is 1. The van der Waals surface area contributed by atoms with Crippen LogP contribution in [0.5, 0.6) is 0 Å². The van der Waals surface area contributed by atoms with Crippen molar-refractivity contribution in [2.24, 2.45) is 5.73 Å². The molecule has 1 atom stereocenters. The van der Waals surface area contributed by atoms with Crippen molar-refractivity contribution in [3.05, 3.63) is 34.9 Å². The van der Waals surface area contributed by atoms with Gasteiger partial charge in [0.15, 0.2) is 0 Å². The Morgan fingerprint density at radius 3 is 2.87 bits per heavy atom. The van der Waals surface area contributed by atoms with E-state index in [0.29, 0.717) is 12.1 Å². The molecule has 0 spiro atoms. The molecule has 0 amide bonds. The number of benzene rings is 1. The van der Waals surface area contributed by atoms with E-state index in [4.69, 9.17) is 5.73 Å². The Morgan fingerprint density at radius 1 is 1.33 bits per heavy atom. The average molecular weight is 211 g/mol. The van der Waals surface area contributed by atoms with Gasteiger partial charge < -0.3 is 5.73 Å². The fraction of sp³-hybridized carbons (Fsp3) is 0.500. The van der Waals surface area contributed by atoms with Crippen molar-refractivity contribution in [2.45, 2.75) is 31.6 Å². The van der Waals surface area contributed by atoms with Gasteiger partial charge in [-0.2, -0.15) is 0 Å². The second kappa shape index (κ2) is 4.27. The van der Waals surface area contributed by atoms with Crippen LogP contribution < -0.4 is 5.73 Å². The first-order valence-corrected chi connectivity index (χ1v) is 5.40. The second-order valence-electron chi connectivity index (χ2n) is 4.13. The summed E-state index contributed by atoms with van der Waals surface area (Å²) >= 11 is 0.